The Kier molecular flexibility index (Phi) is 3.92. The molecule has 0 saturated carbocycles. The maximum Gasteiger partial charge on any atom is 0.268 e. The van der Waals surface area contributed by atoms with E-state index in [-0.39, 0.29) is 11.6 Å². The zero-order valence-corrected chi connectivity index (χ0v) is 15.7. The van der Waals surface area contributed by atoms with Crippen LogP contribution in [0.15, 0.2) is 43.0 Å². The lowest BCUT2D eigenvalue weighted by molar-refractivity contribution is -0.121. The number of amides is 2. The van der Waals surface area contributed by atoms with Crippen molar-refractivity contribution in [1.82, 2.24) is 19.9 Å². The first-order valence-corrected chi connectivity index (χ1v) is 8.69. The molecule has 0 spiro atoms. The first-order chi connectivity index (χ1) is 13.3. The number of hydrogen-bond donors (Lipinski definition) is 1. The first kappa shape index (κ1) is 17.7. The Morgan fingerprint density at radius 3 is 2.32 bits per heavy atom. The Morgan fingerprint density at radius 2 is 1.71 bits per heavy atom. The molecule has 1 aromatic carbocycles. The lowest BCUT2D eigenvalue weighted by Crippen LogP contribution is -2.33. The molecule has 0 fully saturated rings. The van der Waals surface area contributed by atoms with Gasteiger partial charge in [0.05, 0.1) is 23.5 Å². The van der Waals surface area contributed by atoms with Crippen LogP contribution in [-0.4, -0.2) is 31.8 Å². The molecule has 4 rings (SSSR count). The predicted octanol–water partition coefficient (Wildman–Crippen LogP) is 2.30. The molecule has 0 atom stereocenters. The normalized spacial score (nSPS) is 14.8. The van der Waals surface area contributed by atoms with E-state index in [1.807, 2.05) is 39.0 Å². The minimum atomic E-state index is -0.721. The van der Waals surface area contributed by atoms with Gasteiger partial charge in [0.15, 0.2) is 5.82 Å². The molecule has 2 N–H and O–H groups in total. The fraction of sp³-hybridized carbons (Fsp3) is 0.200. The van der Waals surface area contributed by atoms with Crippen molar-refractivity contribution >= 4 is 23.3 Å². The first-order valence-electron chi connectivity index (χ1n) is 8.69. The SMILES string of the molecule is Cc1ncc(-c2ccc3c(c2)N(c2cnc(C(N)=O)cn2)C(=O)C3(C)C)cn1. The maximum absolute atomic E-state index is 13.1. The topological polar surface area (TPSA) is 115 Å². The van der Waals surface area contributed by atoms with Crippen molar-refractivity contribution in [2.24, 2.45) is 5.73 Å². The number of anilines is 2. The van der Waals surface area contributed by atoms with Gasteiger partial charge < -0.3 is 5.73 Å². The molecule has 3 aromatic rings. The summed E-state index contributed by atoms with van der Waals surface area (Å²) in [7, 11) is 0. The molecule has 0 radical (unpaired) electrons. The van der Waals surface area contributed by atoms with E-state index in [0.29, 0.717) is 17.3 Å². The summed E-state index contributed by atoms with van der Waals surface area (Å²) in [4.78, 5) is 42.6. The van der Waals surface area contributed by atoms with Crippen LogP contribution in [0.4, 0.5) is 11.5 Å². The molecular formula is C20H18N6O2. The Balaban J connectivity index is 1.84. The minimum absolute atomic E-state index is 0.0421. The monoisotopic (exact) mass is 374 g/mol. The van der Waals surface area contributed by atoms with Gasteiger partial charge in [0, 0.05) is 18.0 Å². The number of benzene rings is 1. The molecule has 1 aliphatic heterocycles. The van der Waals surface area contributed by atoms with Gasteiger partial charge >= 0.3 is 0 Å². The van der Waals surface area contributed by atoms with Gasteiger partial charge in [-0.15, -0.1) is 0 Å². The molecule has 1 aliphatic rings. The van der Waals surface area contributed by atoms with E-state index in [4.69, 9.17) is 5.73 Å². The zero-order valence-electron chi connectivity index (χ0n) is 15.7. The smallest absolute Gasteiger partial charge is 0.268 e. The Labute approximate surface area is 161 Å². The highest BCUT2D eigenvalue weighted by molar-refractivity contribution is 6.12. The number of nitrogens with zero attached hydrogens (tertiary/aromatic N) is 5. The third kappa shape index (κ3) is 2.70. The van der Waals surface area contributed by atoms with E-state index in [2.05, 4.69) is 19.9 Å². The number of aromatic nitrogens is 4. The van der Waals surface area contributed by atoms with Gasteiger partial charge in [0.2, 0.25) is 5.91 Å². The summed E-state index contributed by atoms with van der Waals surface area (Å²) in [5.74, 6) is 0.224. The quantitative estimate of drug-likeness (QED) is 0.752. The molecule has 8 nitrogen and oxygen atoms in total. The van der Waals surface area contributed by atoms with E-state index < -0.39 is 11.3 Å². The van der Waals surface area contributed by atoms with Gasteiger partial charge in [-0.05, 0) is 38.0 Å². The molecule has 8 heteroatoms. The summed E-state index contributed by atoms with van der Waals surface area (Å²) < 4.78 is 0. The average Bonchev–Trinajstić information content (AvgIpc) is 2.88. The lowest BCUT2D eigenvalue weighted by Gasteiger charge is -2.19. The Morgan fingerprint density at radius 1 is 1.00 bits per heavy atom. The van der Waals surface area contributed by atoms with Crippen LogP contribution >= 0.6 is 0 Å². The van der Waals surface area contributed by atoms with Crippen LogP contribution in [0.2, 0.25) is 0 Å². The van der Waals surface area contributed by atoms with Crippen LogP contribution in [0.1, 0.15) is 35.7 Å². The molecule has 140 valence electrons. The van der Waals surface area contributed by atoms with Gasteiger partial charge in [0.25, 0.3) is 5.91 Å². The number of carbonyl (C=O) groups is 2. The highest BCUT2D eigenvalue weighted by Gasteiger charge is 2.45. The second-order valence-corrected chi connectivity index (χ2v) is 7.14. The number of hydrogen-bond acceptors (Lipinski definition) is 6. The third-order valence-electron chi connectivity index (χ3n) is 4.88. The van der Waals surface area contributed by atoms with Crippen LogP contribution in [0.3, 0.4) is 0 Å². The van der Waals surface area contributed by atoms with E-state index in [9.17, 15) is 9.59 Å². The van der Waals surface area contributed by atoms with Crippen molar-refractivity contribution in [2.45, 2.75) is 26.2 Å². The van der Waals surface area contributed by atoms with E-state index in [0.717, 1.165) is 16.7 Å². The van der Waals surface area contributed by atoms with Crippen LogP contribution in [0, 0.1) is 6.92 Å². The van der Waals surface area contributed by atoms with E-state index in [1.54, 1.807) is 12.4 Å². The number of rotatable bonds is 3. The van der Waals surface area contributed by atoms with Gasteiger partial charge in [-0.1, -0.05) is 12.1 Å². The molecule has 0 unspecified atom stereocenters. The van der Waals surface area contributed by atoms with Crippen molar-refractivity contribution in [2.75, 3.05) is 4.90 Å². The van der Waals surface area contributed by atoms with Crippen LogP contribution in [0.5, 0.6) is 0 Å². The maximum atomic E-state index is 13.1. The molecule has 2 amide bonds. The van der Waals surface area contributed by atoms with Crippen molar-refractivity contribution in [3.63, 3.8) is 0 Å². The predicted molar refractivity (Wildman–Crippen MR) is 103 cm³/mol. The second-order valence-electron chi connectivity index (χ2n) is 7.14. The number of carbonyl (C=O) groups excluding carboxylic acids is 2. The van der Waals surface area contributed by atoms with Crippen LogP contribution in [-0.2, 0) is 10.2 Å². The summed E-state index contributed by atoms with van der Waals surface area (Å²) in [5.41, 5.74) is 7.88. The van der Waals surface area contributed by atoms with Crippen molar-refractivity contribution in [3.8, 4) is 11.1 Å². The average molecular weight is 374 g/mol. The third-order valence-corrected chi connectivity index (χ3v) is 4.88. The molecular weight excluding hydrogens is 356 g/mol. The standard InChI is InChI=1S/C20H18N6O2/c1-11-22-7-13(8-23-11)12-4-5-14-16(6-12)26(19(28)20(14,2)3)17-10-24-15(9-25-17)18(21)27/h4-10H,1-3H3,(H2,21,27). The van der Waals surface area contributed by atoms with Gasteiger partial charge in [-0.3, -0.25) is 14.5 Å². The molecule has 3 heterocycles. The minimum Gasteiger partial charge on any atom is -0.364 e. The van der Waals surface area contributed by atoms with E-state index in [1.165, 1.54) is 17.3 Å². The summed E-state index contributed by atoms with van der Waals surface area (Å²) in [5, 5.41) is 0. The number of nitrogens with two attached hydrogens (primary N) is 1. The summed E-state index contributed by atoms with van der Waals surface area (Å²) in [6.45, 7) is 5.56. The van der Waals surface area contributed by atoms with E-state index >= 15 is 0 Å². The molecule has 28 heavy (non-hydrogen) atoms. The Hall–Kier alpha value is -3.68. The van der Waals surface area contributed by atoms with Gasteiger partial charge in [0.1, 0.15) is 11.5 Å². The summed E-state index contributed by atoms with van der Waals surface area (Å²) in [6.07, 6.45) is 6.15. The van der Waals surface area contributed by atoms with Crippen LogP contribution < -0.4 is 10.6 Å². The fourth-order valence-corrected chi connectivity index (χ4v) is 3.26. The fourth-order valence-electron chi connectivity index (χ4n) is 3.26. The Bertz CT molecular complexity index is 1090. The van der Waals surface area contributed by atoms with Crippen molar-refractivity contribution in [3.05, 3.63) is 60.1 Å². The van der Waals surface area contributed by atoms with Gasteiger partial charge in [-0.25, -0.2) is 19.9 Å². The van der Waals surface area contributed by atoms with Crippen molar-refractivity contribution in [1.29, 1.82) is 0 Å². The summed E-state index contributed by atoms with van der Waals surface area (Å²) >= 11 is 0. The highest BCUT2D eigenvalue weighted by Crippen LogP contribution is 2.46. The van der Waals surface area contributed by atoms with Crippen LogP contribution in [0.25, 0.3) is 11.1 Å². The molecule has 0 bridgehead atoms. The van der Waals surface area contributed by atoms with Gasteiger partial charge in [-0.2, -0.15) is 0 Å². The number of aryl methyl sites for hydroxylation is 1. The zero-order chi connectivity index (χ0) is 20.1. The lowest BCUT2D eigenvalue weighted by atomic mass is 9.85. The second kappa shape index (κ2) is 6.19. The molecule has 0 aliphatic carbocycles. The molecule has 0 saturated heterocycles. The summed E-state index contributed by atoms with van der Waals surface area (Å²) in [6, 6.07) is 5.81. The van der Waals surface area contributed by atoms with Crippen molar-refractivity contribution < 1.29 is 9.59 Å². The number of primary amides is 1. The number of fused-ring (bicyclic) bond motifs is 1. The molecule has 2 aromatic heterocycles. The largest absolute Gasteiger partial charge is 0.364 e. The highest BCUT2D eigenvalue weighted by atomic mass is 16.2.